The minimum Gasteiger partial charge on any atom is -0.436 e. The molecule has 0 bridgehead atoms. The first kappa shape index (κ1) is 15.1. The van der Waals surface area contributed by atoms with Gasteiger partial charge in [-0.2, -0.15) is 0 Å². The molecule has 0 aromatic rings. The summed E-state index contributed by atoms with van der Waals surface area (Å²) >= 11 is 0. The number of ether oxygens (including phenoxy) is 1. The van der Waals surface area contributed by atoms with Crippen LogP contribution in [-0.2, 0) is 8.85 Å². The van der Waals surface area contributed by atoms with E-state index >= 15 is 0 Å². The maximum absolute atomic E-state index is 10.1. The number of rotatable bonds is 7. The molecular formula is C10H24O3Si2. The van der Waals surface area contributed by atoms with E-state index in [2.05, 4.69) is 26.2 Å². The fourth-order valence-corrected chi connectivity index (χ4v) is 7.43. The largest absolute Gasteiger partial charge is 0.436 e. The Bertz CT molecular complexity index is 209. The Morgan fingerprint density at radius 3 is 2.20 bits per heavy atom. The van der Waals surface area contributed by atoms with Gasteiger partial charge in [0.15, 0.2) is 8.32 Å². The lowest BCUT2D eigenvalue weighted by molar-refractivity contribution is 0.163. The van der Waals surface area contributed by atoms with Gasteiger partial charge in [-0.1, -0.05) is 12.2 Å². The summed E-state index contributed by atoms with van der Waals surface area (Å²) in [6, 6.07) is 0.630. The van der Waals surface area contributed by atoms with Crippen LogP contribution in [0.4, 0.5) is 0 Å². The van der Waals surface area contributed by atoms with Gasteiger partial charge in [-0.15, -0.1) is 0 Å². The molecule has 0 heterocycles. The molecule has 15 heavy (non-hydrogen) atoms. The SMILES string of the molecule is C=C(C)COCC[Si](C)(O)O[Si](C)(C)C. The third kappa shape index (κ3) is 10.3. The highest BCUT2D eigenvalue weighted by Gasteiger charge is 2.32. The lowest BCUT2D eigenvalue weighted by atomic mass is 10.4. The highest BCUT2D eigenvalue weighted by atomic mass is 28.4. The minimum atomic E-state index is -2.50. The molecule has 1 N–H and O–H groups in total. The van der Waals surface area contributed by atoms with Gasteiger partial charge in [-0.3, -0.25) is 0 Å². The average Bonchev–Trinajstić information content (AvgIpc) is 1.93. The Hall–Kier alpha value is 0.0538. The fraction of sp³-hybridized carbons (Fsp3) is 0.800. The van der Waals surface area contributed by atoms with Gasteiger partial charge in [0, 0.05) is 12.7 Å². The molecule has 3 nitrogen and oxygen atoms in total. The summed E-state index contributed by atoms with van der Waals surface area (Å²) < 4.78 is 11.1. The van der Waals surface area contributed by atoms with E-state index in [9.17, 15) is 4.80 Å². The van der Waals surface area contributed by atoms with E-state index < -0.39 is 16.9 Å². The van der Waals surface area contributed by atoms with Crippen molar-refractivity contribution in [2.75, 3.05) is 13.2 Å². The molecule has 0 aliphatic rings. The summed E-state index contributed by atoms with van der Waals surface area (Å²) in [7, 11) is -4.14. The van der Waals surface area contributed by atoms with E-state index in [0.717, 1.165) is 5.57 Å². The van der Waals surface area contributed by atoms with Crippen LogP contribution in [-0.4, -0.2) is 34.9 Å². The highest BCUT2D eigenvalue weighted by molar-refractivity contribution is 6.81. The summed E-state index contributed by atoms with van der Waals surface area (Å²) in [5, 5.41) is 0. The van der Waals surface area contributed by atoms with E-state index in [0.29, 0.717) is 19.3 Å². The summed E-state index contributed by atoms with van der Waals surface area (Å²) in [4.78, 5) is 10.1. The Morgan fingerprint density at radius 2 is 1.80 bits per heavy atom. The van der Waals surface area contributed by atoms with Gasteiger partial charge in [0.05, 0.1) is 6.61 Å². The predicted molar refractivity (Wildman–Crippen MR) is 68.7 cm³/mol. The third-order valence-corrected chi connectivity index (χ3v) is 6.93. The molecule has 0 saturated carbocycles. The predicted octanol–water partition coefficient (Wildman–Crippen LogP) is 2.49. The molecule has 0 spiro atoms. The quantitative estimate of drug-likeness (QED) is 0.427. The van der Waals surface area contributed by atoms with Crippen molar-refractivity contribution in [3.05, 3.63) is 12.2 Å². The second kappa shape index (κ2) is 5.95. The van der Waals surface area contributed by atoms with Crippen LogP contribution in [0.15, 0.2) is 12.2 Å². The van der Waals surface area contributed by atoms with Crippen molar-refractivity contribution in [2.24, 2.45) is 0 Å². The van der Waals surface area contributed by atoms with Gasteiger partial charge >= 0.3 is 8.56 Å². The van der Waals surface area contributed by atoms with Crippen LogP contribution in [0.2, 0.25) is 32.2 Å². The van der Waals surface area contributed by atoms with E-state index in [1.165, 1.54) is 0 Å². The lowest BCUT2D eigenvalue weighted by Gasteiger charge is -2.29. The van der Waals surface area contributed by atoms with Crippen LogP contribution in [0, 0.1) is 0 Å². The van der Waals surface area contributed by atoms with E-state index in [4.69, 9.17) is 8.85 Å². The van der Waals surface area contributed by atoms with Crippen LogP contribution >= 0.6 is 0 Å². The number of hydrogen-bond acceptors (Lipinski definition) is 3. The second-order valence-electron chi connectivity index (χ2n) is 5.15. The zero-order valence-corrected chi connectivity index (χ0v) is 12.6. The Kier molecular flexibility index (Phi) is 5.98. The summed E-state index contributed by atoms with van der Waals surface area (Å²) in [6.45, 7) is 14.9. The monoisotopic (exact) mass is 248 g/mol. The van der Waals surface area contributed by atoms with Gasteiger partial charge in [-0.25, -0.2) is 0 Å². The van der Waals surface area contributed by atoms with Gasteiger partial charge in [0.1, 0.15) is 0 Å². The Labute approximate surface area is 95.5 Å². The molecule has 90 valence electrons. The smallest absolute Gasteiger partial charge is 0.324 e. The van der Waals surface area contributed by atoms with E-state index in [-0.39, 0.29) is 0 Å². The van der Waals surface area contributed by atoms with Crippen LogP contribution in [0.5, 0.6) is 0 Å². The molecule has 0 saturated heterocycles. The fourth-order valence-electron chi connectivity index (χ4n) is 1.22. The van der Waals surface area contributed by atoms with Crippen molar-refractivity contribution in [2.45, 2.75) is 39.2 Å². The number of hydrogen-bond donors (Lipinski definition) is 1. The van der Waals surface area contributed by atoms with Crippen LogP contribution in [0.25, 0.3) is 0 Å². The molecule has 0 aromatic heterocycles. The van der Waals surface area contributed by atoms with Crippen molar-refractivity contribution in [3.8, 4) is 0 Å². The molecule has 0 aliphatic carbocycles. The van der Waals surface area contributed by atoms with Gasteiger partial charge in [0.2, 0.25) is 0 Å². The average molecular weight is 248 g/mol. The molecule has 0 amide bonds. The van der Waals surface area contributed by atoms with Crippen LogP contribution in [0.1, 0.15) is 6.92 Å². The van der Waals surface area contributed by atoms with Crippen LogP contribution in [0.3, 0.4) is 0 Å². The standard InChI is InChI=1S/C10H24O3Si2/c1-10(2)9-12-7-8-15(6,11)13-14(3,4)5/h11H,1,7-9H2,2-6H3. The molecule has 0 aromatic carbocycles. The van der Waals surface area contributed by atoms with Gasteiger partial charge in [-0.05, 0) is 33.1 Å². The Morgan fingerprint density at radius 1 is 1.27 bits per heavy atom. The summed E-state index contributed by atoms with van der Waals surface area (Å²) in [6.07, 6.45) is 0. The van der Waals surface area contributed by atoms with E-state index in [1.807, 2.05) is 13.5 Å². The molecule has 0 radical (unpaired) electrons. The van der Waals surface area contributed by atoms with Gasteiger partial charge in [0.25, 0.3) is 0 Å². The van der Waals surface area contributed by atoms with Crippen molar-refractivity contribution in [3.63, 3.8) is 0 Å². The summed E-state index contributed by atoms with van der Waals surface area (Å²) in [5.74, 6) is 0. The third-order valence-electron chi connectivity index (χ3n) is 1.58. The van der Waals surface area contributed by atoms with Crippen LogP contribution < -0.4 is 0 Å². The maximum Gasteiger partial charge on any atom is 0.324 e. The molecule has 1 atom stereocenters. The lowest BCUT2D eigenvalue weighted by Crippen LogP contribution is -2.45. The zero-order valence-electron chi connectivity index (χ0n) is 10.6. The highest BCUT2D eigenvalue weighted by Crippen LogP contribution is 2.15. The topological polar surface area (TPSA) is 38.7 Å². The maximum atomic E-state index is 10.1. The van der Waals surface area contributed by atoms with E-state index in [1.54, 1.807) is 0 Å². The first-order valence-corrected chi connectivity index (χ1v) is 11.2. The Balaban J connectivity index is 3.79. The first-order chi connectivity index (χ1) is 6.62. The van der Waals surface area contributed by atoms with Crippen molar-refractivity contribution < 1.29 is 13.6 Å². The van der Waals surface area contributed by atoms with Gasteiger partial charge < -0.3 is 13.6 Å². The molecular weight excluding hydrogens is 224 g/mol. The van der Waals surface area contributed by atoms with Crippen molar-refractivity contribution in [1.29, 1.82) is 0 Å². The van der Waals surface area contributed by atoms with Crippen molar-refractivity contribution >= 4 is 16.9 Å². The molecule has 0 aliphatic heterocycles. The van der Waals surface area contributed by atoms with Crippen molar-refractivity contribution in [1.82, 2.24) is 0 Å². The molecule has 5 heteroatoms. The first-order valence-electron chi connectivity index (χ1n) is 5.27. The summed E-state index contributed by atoms with van der Waals surface area (Å²) in [5.41, 5.74) is 1.00. The zero-order chi connectivity index (χ0) is 12.1. The normalized spacial score (nSPS) is 16.1. The molecule has 1 unspecified atom stereocenters. The minimum absolute atomic E-state index is 0.552. The molecule has 0 fully saturated rings. The second-order valence-corrected chi connectivity index (χ2v) is 13.0. The molecule has 0 rings (SSSR count).